The summed E-state index contributed by atoms with van der Waals surface area (Å²) in [5, 5.41) is 2.53. The lowest BCUT2D eigenvalue weighted by Gasteiger charge is -2.59. The Morgan fingerprint density at radius 2 is 1.23 bits per heavy atom. The summed E-state index contributed by atoms with van der Waals surface area (Å²) in [6, 6.07) is -0.390. The first-order chi connectivity index (χ1) is 12.2. The summed E-state index contributed by atoms with van der Waals surface area (Å²) in [5.41, 5.74) is -1.55. The van der Waals surface area contributed by atoms with Gasteiger partial charge in [-0.15, -0.1) is 0 Å². The zero-order valence-corrected chi connectivity index (χ0v) is 14.4. The molecule has 1 atom stereocenters. The van der Waals surface area contributed by atoms with Crippen LogP contribution < -0.4 is 5.32 Å². The first-order valence-electron chi connectivity index (χ1n) is 9.04. The largest absolute Gasteiger partial charge is 0.349 e. The van der Waals surface area contributed by atoms with Crippen LogP contribution >= 0.6 is 0 Å². The van der Waals surface area contributed by atoms with Gasteiger partial charge in [-0.1, -0.05) is 0 Å². The molecule has 26 heavy (non-hydrogen) atoms. The molecule has 1 aromatic carbocycles. The number of carbonyl (C=O) groups excluding carboxylic acids is 1. The lowest BCUT2D eigenvalue weighted by molar-refractivity contribution is -0.0688. The number of hydrogen-bond donors (Lipinski definition) is 1. The third-order valence-electron chi connectivity index (χ3n) is 6.79. The van der Waals surface area contributed by atoms with Crippen molar-refractivity contribution in [1.29, 1.82) is 0 Å². The van der Waals surface area contributed by atoms with Gasteiger partial charge in [0.1, 0.15) is 5.56 Å². The molecule has 1 aromatic rings. The molecule has 142 valence electrons. The highest BCUT2D eigenvalue weighted by Gasteiger charge is 2.53. The van der Waals surface area contributed by atoms with E-state index in [0.29, 0.717) is 17.8 Å². The molecule has 5 rings (SSSR count). The Morgan fingerprint density at radius 3 is 1.65 bits per heavy atom. The van der Waals surface area contributed by atoms with Crippen molar-refractivity contribution in [2.24, 2.45) is 23.2 Å². The fourth-order valence-electron chi connectivity index (χ4n) is 5.93. The van der Waals surface area contributed by atoms with Crippen molar-refractivity contribution < 1.29 is 26.7 Å². The van der Waals surface area contributed by atoms with Crippen LogP contribution in [0.25, 0.3) is 0 Å². The minimum Gasteiger partial charge on any atom is -0.349 e. The Bertz CT molecular complexity index is 713. The van der Waals surface area contributed by atoms with Gasteiger partial charge in [-0.05, 0) is 68.6 Å². The highest BCUT2D eigenvalue weighted by molar-refractivity contribution is 5.95. The molecule has 4 fully saturated rings. The lowest BCUT2D eigenvalue weighted by Crippen LogP contribution is -2.56. The third-order valence-corrected chi connectivity index (χ3v) is 6.79. The van der Waals surface area contributed by atoms with E-state index >= 15 is 0 Å². The van der Waals surface area contributed by atoms with Gasteiger partial charge in [0.05, 0.1) is 0 Å². The maximum absolute atomic E-state index is 13.9. The maximum atomic E-state index is 13.9. The fourth-order valence-corrected chi connectivity index (χ4v) is 5.93. The van der Waals surface area contributed by atoms with Gasteiger partial charge < -0.3 is 5.32 Å². The number of halogens is 5. The zero-order chi connectivity index (χ0) is 18.8. The zero-order valence-electron chi connectivity index (χ0n) is 14.4. The predicted molar refractivity (Wildman–Crippen MR) is 83.8 cm³/mol. The van der Waals surface area contributed by atoms with Crippen LogP contribution in [0.5, 0.6) is 0 Å². The van der Waals surface area contributed by atoms with E-state index in [9.17, 15) is 26.7 Å². The van der Waals surface area contributed by atoms with Crippen molar-refractivity contribution >= 4 is 5.91 Å². The maximum Gasteiger partial charge on any atom is 0.257 e. The van der Waals surface area contributed by atoms with Crippen LogP contribution in [0.1, 0.15) is 55.8 Å². The topological polar surface area (TPSA) is 29.1 Å². The Labute approximate surface area is 148 Å². The number of carbonyl (C=O) groups is 1. The number of benzene rings is 1. The number of nitrogens with one attached hydrogen (secondary N) is 1. The van der Waals surface area contributed by atoms with Gasteiger partial charge in [-0.3, -0.25) is 4.79 Å². The summed E-state index contributed by atoms with van der Waals surface area (Å²) in [7, 11) is 0. The first kappa shape index (κ1) is 17.7. The first-order valence-corrected chi connectivity index (χ1v) is 9.04. The molecule has 4 bridgehead atoms. The van der Waals surface area contributed by atoms with Crippen LogP contribution in [0.3, 0.4) is 0 Å². The highest BCUT2D eigenvalue weighted by atomic mass is 19.2. The van der Waals surface area contributed by atoms with Crippen LogP contribution in [-0.2, 0) is 0 Å². The number of hydrogen-bond acceptors (Lipinski definition) is 1. The highest BCUT2D eigenvalue weighted by Crippen LogP contribution is 2.61. The average Bonchev–Trinajstić information content (AvgIpc) is 2.57. The average molecular weight is 373 g/mol. The molecule has 2 nitrogen and oxygen atoms in total. The predicted octanol–water partition coefficient (Wildman–Crippen LogP) is 4.72. The quantitative estimate of drug-likeness (QED) is 0.464. The molecule has 0 spiro atoms. The van der Waals surface area contributed by atoms with Gasteiger partial charge in [0, 0.05) is 6.04 Å². The normalized spacial score (nSPS) is 33.4. The Morgan fingerprint density at radius 1 is 0.846 bits per heavy atom. The number of amides is 1. The molecule has 0 aliphatic heterocycles. The molecule has 7 heteroatoms. The Balaban J connectivity index is 1.60. The van der Waals surface area contributed by atoms with Crippen LogP contribution in [-0.4, -0.2) is 11.9 Å². The second-order valence-electron chi connectivity index (χ2n) is 8.42. The van der Waals surface area contributed by atoms with Crippen molar-refractivity contribution in [1.82, 2.24) is 5.32 Å². The Kier molecular flexibility index (Phi) is 4.04. The minimum absolute atomic E-state index is 0.144. The van der Waals surface area contributed by atoms with Gasteiger partial charge in [0.2, 0.25) is 5.82 Å². The smallest absolute Gasteiger partial charge is 0.257 e. The van der Waals surface area contributed by atoms with Crippen LogP contribution in [0.2, 0.25) is 0 Å². The van der Waals surface area contributed by atoms with Crippen molar-refractivity contribution in [2.75, 3.05) is 0 Å². The molecular formula is C19H20F5NO. The molecular weight excluding hydrogens is 353 g/mol. The van der Waals surface area contributed by atoms with E-state index in [0.717, 1.165) is 19.3 Å². The van der Waals surface area contributed by atoms with E-state index in [1.165, 1.54) is 19.3 Å². The van der Waals surface area contributed by atoms with E-state index in [1.54, 1.807) is 6.92 Å². The Hall–Kier alpha value is -1.66. The van der Waals surface area contributed by atoms with E-state index in [1.807, 2.05) is 0 Å². The van der Waals surface area contributed by atoms with Crippen molar-refractivity contribution in [3.05, 3.63) is 34.6 Å². The van der Waals surface area contributed by atoms with Crippen LogP contribution in [0, 0.1) is 52.3 Å². The molecule has 1 unspecified atom stereocenters. The lowest BCUT2D eigenvalue weighted by atomic mass is 9.48. The summed E-state index contributed by atoms with van der Waals surface area (Å²) in [4.78, 5) is 12.4. The summed E-state index contributed by atoms with van der Waals surface area (Å²) >= 11 is 0. The summed E-state index contributed by atoms with van der Waals surface area (Å²) < 4.78 is 67.7. The monoisotopic (exact) mass is 373 g/mol. The SMILES string of the molecule is CC(NC(=O)c1c(F)c(F)c(F)c(F)c1F)C12CC3CC(CC(C3)C1)C2. The minimum atomic E-state index is -2.26. The van der Waals surface area contributed by atoms with E-state index in [-0.39, 0.29) is 5.41 Å². The number of rotatable bonds is 3. The molecule has 4 aliphatic rings. The van der Waals surface area contributed by atoms with Gasteiger partial charge in [-0.2, -0.15) is 0 Å². The summed E-state index contributed by atoms with van der Waals surface area (Å²) in [5.74, 6) is -10.1. The second kappa shape index (κ2) is 5.92. The summed E-state index contributed by atoms with van der Waals surface area (Å²) in [6.45, 7) is 1.77. The van der Waals surface area contributed by atoms with Gasteiger partial charge in [0.25, 0.3) is 5.91 Å². The van der Waals surface area contributed by atoms with Gasteiger partial charge >= 0.3 is 0 Å². The van der Waals surface area contributed by atoms with E-state index < -0.39 is 46.6 Å². The molecule has 1 N–H and O–H groups in total. The van der Waals surface area contributed by atoms with Crippen molar-refractivity contribution in [3.8, 4) is 0 Å². The molecule has 0 radical (unpaired) electrons. The van der Waals surface area contributed by atoms with Crippen molar-refractivity contribution in [3.63, 3.8) is 0 Å². The molecule has 0 aromatic heterocycles. The molecule has 4 aliphatic carbocycles. The van der Waals surface area contributed by atoms with Crippen LogP contribution in [0.4, 0.5) is 22.0 Å². The molecule has 1 amide bonds. The van der Waals surface area contributed by atoms with Crippen LogP contribution in [0.15, 0.2) is 0 Å². The third kappa shape index (κ3) is 2.54. The van der Waals surface area contributed by atoms with E-state index in [4.69, 9.17) is 0 Å². The molecule has 4 saturated carbocycles. The van der Waals surface area contributed by atoms with E-state index in [2.05, 4.69) is 5.32 Å². The van der Waals surface area contributed by atoms with Crippen molar-refractivity contribution in [2.45, 2.75) is 51.5 Å². The second-order valence-corrected chi connectivity index (χ2v) is 8.42. The molecule has 0 heterocycles. The fraction of sp³-hybridized carbons (Fsp3) is 0.632. The van der Waals surface area contributed by atoms with Gasteiger partial charge in [-0.25, -0.2) is 22.0 Å². The molecule has 0 saturated heterocycles. The van der Waals surface area contributed by atoms with Gasteiger partial charge in [0.15, 0.2) is 23.3 Å². The summed E-state index contributed by atoms with van der Waals surface area (Å²) in [6.07, 6.45) is 6.40. The standard InChI is InChI=1S/C19H20F5NO/c1-8(19-5-9-2-10(6-19)4-11(3-9)7-19)25-18(26)12-13(20)15(22)17(24)16(23)14(12)21/h8-11H,2-7H2,1H3,(H,25,26).